The Morgan fingerprint density at radius 2 is 1.82 bits per heavy atom. The number of hydrogen-bond donors (Lipinski definition) is 2. The number of aromatic nitrogens is 1. The molecule has 0 saturated carbocycles. The first-order valence-corrected chi connectivity index (χ1v) is 13.2. The number of carbonyl (C=O) groups is 2. The number of thiophene rings is 2. The van der Waals surface area contributed by atoms with Gasteiger partial charge in [0.15, 0.2) is 5.78 Å². The number of benzene rings is 1. The van der Waals surface area contributed by atoms with Gasteiger partial charge in [0, 0.05) is 27.2 Å². The second kappa shape index (κ2) is 9.91. The van der Waals surface area contributed by atoms with Gasteiger partial charge in [-0.25, -0.2) is 4.98 Å². The Morgan fingerprint density at radius 3 is 2.59 bits per heavy atom. The Bertz CT molecular complexity index is 1370. The van der Waals surface area contributed by atoms with Crippen molar-refractivity contribution in [2.45, 2.75) is 38.5 Å². The van der Waals surface area contributed by atoms with Crippen molar-refractivity contribution in [3.8, 4) is 0 Å². The minimum absolute atomic E-state index is 0.0818. The molecule has 0 saturated heterocycles. The molecule has 1 aliphatic rings. The van der Waals surface area contributed by atoms with Crippen molar-refractivity contribution in [2.24, 2.45) is 0 Å². The van der Waals surface area contributed by atoms with E-state index in [-0.39, 0.29) is 11.7 Å². The average molecular weight is 488 g/mol. The van der Waals surface area contributed by atoms with Gasteiger partial charge in [0.25, 0.3) is 5.91 Å². The Labute approximate surface area is 206 Å². The number of anilines is 2. The van der Waals surface area contributed by atoms with E-state index in [1.165, 1.54) is 36.2 Å². The zero-order chi connectivity index (χ0) is 23.5. The number of aryl methyl sites for hydroxylation is 2. The highest BCUT2D eigenvalue weighted by atomic mass is 32.1. The monoisotopic (exact) mass is 487 g/mol. The summed E-state index contributed by atoms with van der Waals surface area (Å²) >= 11 is 2.92. The highest BCUT2D eigenvalue weighted by Gasteiger charge is 2.20. The lowest BCUT2D eigenvalue weighted by Gasteiger charge is -2.12. The lowest BCUT2D eigenvalue weighted by Crippen LogP contribution is -2.12. The third kappa shape index (κ3) is 4.81. The van der Waals surface area contributed by atoms with E-state index >= 15 is 0 Å². The summed E-state index contributed by atoms with van der Waals surface area (Å²) in [5.74, 6) is -0.341. The minimum Gasteiger partial charge on any atom is -0.397 e. The predicted octanol–water partition coefficient (Wildman–Crippen LogP) is 6.75. The summed E-state index contributed by atoms with van der Waals surface area (Å²) in [5.41, 5.74) is 10.5. The van der Waals surface area contributed by atoms with Crippen LogP contribution < -0.4 is 11.1 Å². The van der Waals surface area contributed by atoms with Gasteiger partial charge < -0.3 is 11.1 Å². The van der Waals surface area contributed by atoms with Crippen LogP contribution in [0.4, 0.5) is 11.4 Å². The molecule has 0 bridgehead atoms. The van der Waals surface area contributed by atoms with Gasteiger partial charge in [0.05, 0.1) is 5.69 Å². The third-order valence-corrected chi connectivity index (χ3v) is 8.03. The molecule has 172 valence electrons. The van der Waals surface area contributed by atoms with E-state index in [0.29, 0.717) is 21.8 Å². The maximum atomic E-state index is 13.0. The number of nitrogens with two attached hydrogens (primary N) is 1. The second-order valence-corrected chi connectivity index (χ2v) is 10.4. The van der Waals surface area contributed by atoms with Crippen molar-refractivity contribution in [2.75, 3.05) is 11.1 Å². The van der Waals surface area contributed by atoms with Crippen molar-refractivity contribution >= 4 is 62.0 Å². The van der Waals surface area contributed by atoms with E-state index in [1.807, 2.05) is 23.6 Å². The molecule has 0 aliphatic heterocycles. The summed E-state index contributed by atoms with van der Waals surface area (Å²) in [7, 11) is 0. The van der Waals surface area contributed by atoms with Crippen LogP contribution in [0.15, 0.2) is 53.9 Å². The van der Waals surface area contributed by atoms with Crippen LogP contribution in [0.1, 0.15) is 61.8 Å². The van der Waals surface area contributed by atoms with Crippen LogP contribution >= 0.6 is 22.7 Å². The van der Waals surface area contributed by atoms with Crippen molar-refractivity contribution in [1.82, 2.24) is 4.98 Å². The smallest absolute Gasteiger partial charge is 0.267 e. The van der Waals surface area contributed by atoms with Gasteiger partial charge in [0.1, 0.15) is 9.71 Å². The molecule has 1 amide bonds. The number of pyridine rings is 1. The molecule has 3 heterocycles. The highest BCUT2D eigenvalue weighted by Crippen LogP contribution is 2.35. The Morgan fingerprint density at radius 1 is 1.03 bits per heavy atom. The zero-order valence-corrected chi connectivity index (χ0v) is 20.3. The zero-order valence-electron chi connectivity index (χ0n) is 18.7. The average Bonchev–Trinajstić information content (AvgIpc) is 3.46. The summed E-state index contributed by atoms with van der Waals surface area (Å²) in [6.07, 6.45) is 10.2. The van der Waals surface area contributed by atoms with Gasteiger partial charge in [-0.3, -0.25) is 9.59 Å². The molecule has 5 nitrogen and oxygen atoms in total. The summed E-state index contributed by atoms with van der Waals surface area (Å²) < 4.78 is 0. The van der Waals surface area contributed by atoms with E-state index < -0.39 is 0 Å². The maximum absolute atomic E-state index is 13.0. The quantitative estimate of drug-likeness (QED) is 0.241. The first kappa shape index (κ1) is 22.5. The Hall–Kier alpha value is -3.29. The lowest BCUT2D eigenvalue weighted by atomic mass is 9.96. The predicted molar refractivity (Wildman–Crippen MR) is 142 cm³/mol. The van der Waals surface area contributed by atoms with Gasteiger partial charge >= 0.3 is 0 Å². The molecule has 5 rings (SSSR count). The number of ketones is 1. The van der Waals surface area contributed by atoms with E-state index in [0.717, 1.165) is 40.1 Å². The van der Waals surface area contributed by atoms with E-state index in [4.69, 9.17) is 10.7 Å². The number of nitrogens with zero attached hydrogens (tertiary/aromatic N) is 1. The molecule has 0 atom stereocenters. The Kier molecular flexibility index (Phi) is 6.56. The molecule has 0 radical (unpaired) electrons. The standard InChI is InChI=1S/C27H25N3O2S2/c28-24-21-16-18-6-3-1-2-4-8-22(18)30-27(21)34-25(24)26(32)29-19-11-9-17(10-12-19)23(31)14-13-20-7-5-15-33-20/h5,7,9-16H,1-4,6,8,28H2,(H,29,32)/b14-13+. The number of rotatable bonds is 5. The summed E-state index contributed by atoms with van der Waals surface area (Å²) in [6.45, 7) is 0. The number of nitrogens with one attached hydrogen (secondary N) is 1. The van der Waals surface area contributed by atoms with Crippen LogP contribution in [0.5, 0.6) is 0 Å². The van der Waals surface area contributed by atoms with Crippen LogP contribution in [0.2, 0.25) is 0 Å². The molecule has 0 unspecified atom stereocenters. The molecular formula is C27H25N3O2S2. The molecule has 1 aliphatic carbocycles. The van der Waals surface area contributed by atoms with Crippen LogP contribution in [-0.4, -0.2) is 16.7 Å². The van der Waals surface area contributed by atoms with Gasteiger partial charge in [0.2, 0.25) is 0 Å². The minimum atomic E-state index is -0.260. The van der Waals surface area contributed by atoms with Crippen molar-refractivity contribution in [1.29, 1.82) is 0 Å². The van der Waals surface area contributed by atoms with Gasteiger partial charge in [-0.2, -0.15) is 0 Å². The fraction of sp³-hybridized carbons (Fsp3) is 0.222. The summed E-state index contributed by atoms with van der Waals surface area (Å²) in [4.78, 5) is 32.6. The van der Waals surface area contributed by atoms with E-state index in [9.17, 15) is 9.59 Å². The van der Waals surface area contributed by atoms with E-state index in [2.05, 4.69) is 11.4 Å². The second-order valence-electron chi connectivity index (χ2n) is 8.45. The van der Waals surface area contributed by atoms with E-state index in [1.54, 1.807) is 41.7 Å². The van der Waals surface area contributed by atoms with Gasteiger partial charge in [-0.15, -0.1) is 22.7 Å². The van der Waals surface area contributed by atoms with Crippen LogP contribution in [-0.2, 0) is 12.8 Å². The van der Waals surface area contributed by atoms with Gasteiger partial charge in [-0.05, 0) is 85.2 Å². The van der Waals surface area contributed by atoms with Crippen molar-refractivity contribution in [3.63, 3.8) is 0 Å². The third-order valence-electron chi connectivity index (χ3n) is 6.08. The molecule has 3 N–H and O–H groups in total. The number of allylic oxidation sites excluding steroid dienone is 1. The lowest BCUT2D eigenvalue weighted by molar-refractivity contribution is 0.102. The first-order chi connectivity index (χ1) is 16.6. The molecule has 34 heavy (non-hydrogen) atoms. The number of nitrogen functional groups attached to an aromatic ring is 1. The SMILES string of the molecule is Nc1c(C(=O)Nc2ccc(C(=O)/C=C/c3cccs3)cc2)sc2nc3c(cc12)CCCCCC3. The van der Waals surface area contributed by atoms with Gasteiger partial charge in [-0.1, -0.05) is 18.9 Å². The maximum Gasteiger partial charge on any atom is 0.267 e. The van der Waals surface area contributed by atoms with Crippen LogP contribution in [0.3, 0.4) is 0 Å². The molecule has 4 aromatic rings. The van der Waals surface area contributed by atoms with Crippen molar-refractivity contribution < 1.29 is 9.59 Å². The fourth-order valence-electron chi connectivity index (χ4n) is 4.23. The Balaban J connectivity index is 1.32. The largest absolute Gasteiger partial charge is 0.397 e. The number of carbonyl (C=O) groups excluding carboxylic acids is 2. The fourth-order valence-corrected chi connectivity index (χ4v) is 5.84. The van der Waals surface area contributed by atoms with Crippen LogP contribution in [0, 0.1) is 0 Å². The number of hydrogen-bond acceptors (Lipinski definition) is 6. The number of fused-ring (bicyclic) bond motifs is 2. The molecule has 0 spiro atoms. The first-order valence-electron chi connectivity index (χ1n) is 11.5. The number of amides is 1. The van der Waals surface area contributed by atoms with Crippen molar-refractivity contribution in [3.05, 3.63) is 80.5 Å². The topological polar surface area (TPSA) is 85.1 Å². The molecule has 0 fully saturated rings. The highest BCUT2D eigenvalue weighted by molar-refractivity contribution is 7.21. The summed E-state index contributed by atoms with van der Waals surface area (Å²) in [5, 5.41) is 5.74. The van der Waals surface area contributed by atoms with Crippen LogP contribution in [0.25, 0.3) is 16.3 Å². The molecule has 1 aromatic carbocycles. The molecule has 7 heteroatoms. The normalized spacial score (nSPS) is 14.0. The molecule has 3 aromatic heterocycles. The molecular weight excluding hydrogens is 462 g/mol. The summed E-state index contributed by atoms with van der Waals surface area (Å²) in [6, 6.07) is 12.9.